The van der Waals surface area contributed by atoms with Crippen LogP contribution in [0, 0.1) is 5.92 Å². The van der Waals surface area contributed by atoms with E-state index in [9.17, 15) is 14.4 Å². The Kier molecular flexibility index (Phi) is 6.59. The van der Waals surface area contributed by atoms with E-state index >= 15 is 0 Å². The van der Waals surface area contributed by atoms with Crippen LogP contribution in [-0.2, 0) is 22.7 Å². The Morgan fingerprint density at radius 3 is 2.43 bits per heavy atom. The molecule has 0 radical (unpaired) electrons. The minimum atomic E-state index is -0.461. The van der Waals surface area contributed by atoms with E-state index in [0.29, 0.717) is 42.0 Å². The van der Waals surface area contributed by atoms with Gasteiger partial charge in [-0.05, 0) is 66.9 Å². The van der Waals surface area contributed by atoms with Crippen molar-refractivity contribution in [2.75, 3.05) is 11.4 Å². The van der Waals surface area contributed by atoms with Crippen LogP contribution in [-0.4, -0.2) is 35.2 Å². The van der Waals surface area contributed by atoms with Crippen LogP contribution in [0.5, 0.6) is 0 Å². The third kappa shape index (κ3) is 5.57. The predicted molar refractivity (Wildman–Crippen MR) is 132 cm³/mol. The van der Waals surface area contributed by atoms with Gasteiger partial charge in [-0.15, -0.1) is 0 Å². The molecule has 1 saturated heterocycles. The second kappa shape index (κ2) is 9.96. The number of halogens is 1. The average Bonchev–Trinajstić information content (AvgIpc) is 3.35. The molecule has 1 aliphatic carbocycles. The lowest BCUT2D eigenvalue weighted by Crippen LogP contribution is -2.36. The van der Waals surface area contributed by atoms with Gasteiger partial charge in [-0.3, -0.25) is 14.4 Å². The maximum absolute atomic E-state index is 13.6. The fraction of sp³-hybridized carbons (Fsp3) is 0.296. The molecule has 1 aromatic heterocycles. The Morgan fingerprint density at radius 2 is 1.77 bits per heavy atom. The number of carbonyl (C=O) groups excluding carboxylic acids is 3. The molecule has 5 rings (SSSR count). The Morgan fingerprint density at radius 1 is 1.03 bits per heavy atom. The number of nitrogens with zero attached hydrogens (tertiary/aromatic N) is 2. The van der Waals surface area contributed by atoms with Crippen molar-refractivity contribution < 1.29 is 18.8 Å². The summed E-state index contributed by atoms with van der Waals surface area (Å²) in [5.41, 5.74) is 2.23. The van der Waals surface area contributed by atoms with E-state index in [0.717, 1.165) is 24.1 Å². The Hall–Kier alpha value is -3.58. The van der Waals surface area contributed by atoms with Crippen molar-refractivity contribution in [3.63, 3.8) is 0 Å². The van der Waals surface area contributed by atoms with Crippen molar-refractivity contribution in [2.24, 2.45) is 5.92 Å². The minimum absolute atomic E-state index is 0.0747. The Balaban J connectivity index is 1.30. The van der Waals surface area contributed by atoms with Gasteiger partial charge in [0.1, 0.15) is 5.76 Å². The molecule has 8 heteroatoms. The summed E-state index contributed by atoms with van der Waals surface area (Å²) < 4.78 is 5.49. The third-order valence-electron chi connectivity index (χ3n) is 6.35. The number of nitrogens with one attached hydrogen (secondary N) is 1. The highest BCUT2D eigenvalue weighted by Crippen LogP contribution is 2.28. The summed E-state index contributed by atoms with van der Waals surface area (Å²) >= 11 is 5.98. The second-order valence-corrected chi connectivity index (χ2v) is 9.54. The van der Waals surface area contributed by atoms with Crippen LogP contribution in [0.4, 0.5) is 5.69 Å². The molecule has 1 unspecified atom stereocenters. The standard InChI is InChI=1S/C27H26ClN3O4/c28-21-7-11-23(12-8-21)31-16-20(14-25(31)32)27(34)30(17-24-2-1-13-35-24)15-18-3-5-19(6-4-18)26(33)29-22-9-10-22/h1-8,11-13,20,22H,9-10,14-17H2,(H,29,33). The summed E-state index contributed by atoms with van der Waals surface area (Å²) in [5.74, 6) is -0.0693. The predicted octanol–water partition coefficient (Wildman–Crippen LogP) is 4.41. The molecule has 2 fully saturated rings. The topological polar surface area (TPSA) is 82.9 Å². The van der Waals surface area contributed by atoms with Crippen molar-refractivity contribution in [1.82, 2.24) is 10.2 Å². The highest BCUT2D eigenvalue weighted by molar-refractivity contribution is 6.30. The highest BCUT2D eigenvalue weighted by Gasteiger charge is 2.37. The quantitative estimate of drug-likeness (QED) is 0.506. The van der Waals surface area contributed by atoms with Gasteiger partial charge >= 0.3 is 0 Å². The first kappa shape index (κ1) is 23.2. The average molecular weight is 492 g/mol. The third-order valence-corrected chi connectivity index (χ3v) is 6.61. The van der Waals surface area contributed by atoms with E-state index < -0.39 is 5.92 Å². The molecule has 3 aromatic rings. The first-order chi connectivity index (χ1) is 17.0. The molecule has 2 aliphatic rings. The molecule has 35 heavy (non-hydrogen) atoms. The first-order valence-corrected chi connectivity index (χ1v) is 12.1. The molecular formula is C27H26ClN3O4. The van der Waals surface area contributed by atoms with E-state index in [2.05, 4.69) is 5.32 Å². The molecule has 0 bridgehead atoms. The van der Waals surface area contributed by atoms with Gasteiger partial charge in [0, 0.05) is 41.8 Å². The minimum Gasteiger partial charge on any atom is -0.467 e. The largest absolute Gasteiger partial charge is 0.467 e. The van der Waals surface area contributed by atoms with E-state index in [-0.39, 0.29) is 24.1 Å². The second-order valence-electron chi connectivity index (χ2n) is 9.10. The number of benzene rings is 2. The van der Waals surface area contributed by atoms with Crippen molar-refractivity contribution in [3.05, 3.63) is 88.8 Å². The molecule has 180 valence electrons. The molecule has 1 aliphatic heterocycles. The van der Waals surface area contributed by atoms with E-state index in [4.69, 9.17) is 16.0 Å². The van der Waals surface area contributed by atoms with Crippen LogP contribution in [0.2, 0.25) is 5.02 Å². The fourth-order valence-corrected chi connectivity index (χ4v) is 4.41. The molecule has 1 saturated carbocycles. The summed E-state index contributed by atoms with van der Waals surface area (Å²) in [6, 6.07) is 18.2. The van der Waals surface area contributed by atoms with Crippen molar-refractivity contribution >= 4 is 35.0 Å². The summed E-state index contributed by atoms with van der Waals surface area (Å²) in [7, 11) is 0. The highest BCUT2D eigenvalue weighted by atomic mass is 35.5. The van der Waals surface area contributed by atoms with E-state index in [1.165, 1.54) is 0 Å². The lowest BCUT2D eigenvalue weighted by molar-refractivity contribution is -0.137. The normalized spacial score (nSPS) is 17.5. The lowest BCUT2D eigenvalue weighted by atomic mass is 10.1. The summed E-state index contributed by atoms with van der Waals surface area (Å²) in [5, 5.41) is 3.57. The van der Waals surface area contributed by atoms with Crippen molar-refractivity contribution in [2.45, 2.75) is 38.4 Å². The number of rotatable bonds is 8. The van der Waals surface area contributed by atoms with Gasteiger partial charge in [-0.25, -0.2) is 0 Å². The van der Waals surface area contributed by atoms with Crippen LogP contribution in [0.1, 0.15) is 40.9 Å². The van der Waals surface area contributed by atoms with Gasteiger partial charge in [0.2, 0.25) is 11.8 Å². The molecular weight excluding hydrogens is 466 g/mol. The summed E-state index contributed by atoms with van der Waals surface area (Å²) in [6.45, 7) is 0.950. The van der Waals surface area contributed by atoms with Gasteiger partial charge in [-0.1, -0.05) is 23.7 Å². The number of carbonyl (C=O) groups is 3. The molecule has 0 spiro atoms. The Bertz CT molecular complexity index is 1200. The molecule has 7 nitrogen and oxygen atoms in total. The van der Waals surface area contributed by atoms with Crippen LogP contribution in [0.3, 0.4) is 0 Å². The van der Waals surface area contributed by atoms with Crippen molar-refractivity contribution in [1.29, 1.82) is 0 Å². The lowest BCUT2D eigenvalue weighted by Gasteiger charge is -2.25. The molecule has 3 amide bonds. The summed E-state index contributed by atoms with van der Waals surface area (Å²) in [6.07, 6.45) is 3.79. The van der Waals surface area contributed by atoms with Gasteiger partial charge in [-0.2, -0.15) is 0 Å². The van der Waals surface area contributed by atoms with Crippen LogP contribution >= 0.6 is 11.6 Å². The number of anilines is 1. The van der Waals surface area contributed by atoms with Crippen LogP contribution in [0.15, 0.2) is 71.3 Å². The molecule has 2 heterocycles. The molecule has 1 N–H and O–H groups in total. The van der Waals surface area contributed by atoms with Gasteiger partial charge < -0.3 is 19.5 Å². The Labute approximate surface area is 208 Å². The SMILES string of the molecule is O=C(NC1CC1)c1ccc(CN(Cc2ccco2)C(=O)C2CC(=O)N(c3ccc(Cl)cc3)C2)cc1. The maximum Gasteiger partial charge on any atom is 0.251 e. The summed E-state index contributed by atoms with van der Waals surface area (Å²) in [4.78, 5) is 41.9. The zero-order valence-electron chi connectivity index (χ0n) is 19.2. The monoisotopic (exact) mass is 491 g/mol. The maximum atomic E-state index is 13.6. The molecule has 2 aromatic carbocycles. The zero-order valence-corrected chi connectivity index (χ0v) is 19.9. The van der Waals surface area contributed by atoms with Gasteiger partial charge in [0.15, 0.2) is 0 Å². The van der Waals surface area contributed by atoms with Crippen molar-refractivity contribution in [3.8, 4) is 0 Å². The number of amides is 3. The van der Waals surface area contributed by atoms with Crippen LogP contribution in [0.25, 0.3) is 0 Å². The smallest absolute Gasteiger partial charge is 0.251 e. The van der Waals surface area contributed by atoms with Gasteiger partial charge in [0.25, 0.3) is 5.91 Å². The molecule has 1 atom stereocenters. The van der Waals surface area contributed by atoms with Crippen LogP contribution < -0.4 is 10.2 Å². The first-order valence-electron chi connectivity index (χ1n) is 11.7. The zero-order chi connectivity index (χ0) is 24.4. The van der Waals surface area contributed by atoms with Gasteiger partial charge in [0.05, 0.1) is 18.7 Å². The number of furan rings is 1. The number of hydrogen-bond donors (Lipinski definition) is 1. The number of hydrogen-bond acceptors (Lipinski definition) is 4. The van der Waals surface area contributed by atoms with E-state index in [1.54, 1.807) is 58.5 Å². The fourth-order valence-electron chi connectivity index (χ4n) is 4.28. The van der Waals surface area contributed by atoms with E-state index in [1.807, 2.05) is 18.2 Å².